The van der Waals surface area contributed by atoms with Crippen molar-refractivity contribution in [1.82, 2.24) is 0 Å². The van der Waals surface area contributed by atoms with Crippen LogP contribution in [0.1, 0.15) is 31.7 Å². The zero-order valence-corrected chi connectivity index (χ0v) is 9.81. The van der Waals surface area contributed by atoms with Crippen LogP contribution in [0.2, 0.25) is 10.0 Å². The van der Waals surface area contributed by atoms with Crippen molar-refractivity contribution in [1.29, 1.82) is 0 Å². The van der Waals surface area contributed by atoms with E-state index in [1.807, 2.05) is 19.9 Å². The number of benzene rings is 1. The van der Waals surface area contributed by atoms with E-state index in [9.17, 15) is 5.11 Å². The summed E-state index contributed by atoms with van der Waals surface area (Å²) in [6, 6.07) is 5.32. The molecule has 0 bridgehead atoms. The van der Waals surface area contributed by atoms with E-state index in [4.69, 9.17) is 23.2 Å². The summed E-state index contributed by atoms with van der Waals surface area (Å²) in [6.45, 7) is 3.89. The summed E-state index contributed by atoms with van der Waals surface area (Å²) in [6.07, 6.45) is 0.343. The molecule has 1 N–H and O–H groups in total. The van der Waals surface area contributed by atoms with Crippen molar-refractivity contribution in [3.63, 3.8) is 0 Å². The number of hydrogen-bond acceptors (Lipinski definition) is 1. The van der Waals surface area contributed by atoms with Gasteiger partial charge in [0.2, 0.25) is 0 Å². The first-order chi connectivity index (χ1) is 6.56. The minimum absolute atomic E-state index is 0.0196. The summed E-state index contributed by atoms with van der Waals surface area (Å²) in [5.74, 6) is 0.0196. The van der Waals surface area contributed by atoms with Crippen molar-refractivity contribution >= 4 is 23.2 Å². The van der Waals surface area contributed by atoms with E-state index in [1.54, 1.807) is 12.1 Å². The molecule has 14 heavy (non-hydrogen) atoms. The molecule has 1 rings (SSSR count). The van der Waals surface area contributed by atoms with Crippen LogP contribution in [0.25, 0.3) is 0 Å². The molecule has 0 aliphatic carbocycles. The maximum absolute atomic E-state index is 9.69. The number of hydrogen-bond donors (Lipinski definition) is 1. The molecule has 2 unspecified atom stereocenters. The van der Waals surface area contributed by atoms with Gasteiger partial charge in [-0.3, -0.25) is 0 Å². The van der Waals surface area contributed by atoms with Gasteiger partial charge in [-0.2, -0.15) is 0 Å². The Bertz CT molecular complexity index is 312. The average Bonchev–Trinajstić information content (AvgIpc) is 2.19. The lowest BCUT2D eigenvalue weighted by atomic mass is 9.94. The van der Waals surface area contributed by atoms with Crippen LogP contribution in [-0.4, -0.2) is 11.2 Å². The minimum atomic E-state index is -0.369. The van der Waals surface area contributed by atoms with Crippen LogP contribution in [0, 0.1) is 0 Å². The highest BCUT2D eigenvalue weighted by atomic mass is 35.5. The monoisotopic (exact) mass is 232 g/mol. The third-order valence-corrected chi connectivity index (χ3v) is 3.02. The van der Waals surface area contributed by atoms with Gasteiger partial charge in [-0.15, -0.1) is 0 Å². The van der Waals surface area contributed by atoms with Gasteiger partial charge in [-0.05, 0) is 30.2 Å². The molecular weight excluding hydrogens is 219 g/mol. The van der Waals surface area contributed by atoms with Gasteiger partial charge in [0, 0.05) is 16.0 Å². The Hall–Kier alpha value is -0.240. The van der Waals surface area contributed by atoms with E-state index in [0.717, 1.165) is 5.56 Å². The normalized spacial score (nSPS) is 15.2. The molecular formula is C11H14Cl2O. The highest BCUT2D eigenvalue weighted by molar-refractivity contribution is 6.33. The molecule has 1 nitrogen and oxygen atoms in total. The summed E-state index contributed by atoms with van der Waals surface area (Å²) in [5.41, 5.74) is 0.911. The van der Waals surface area contributed by atoms with Gasteiger partial charge in [0.1, 0.15) is 0 Å². The van der Waals surface area contributed by atoms with E-state index in [2.05, 4.69) is 0 Å². The van der Waals surface area contributed by atoms with Gasteiger partial charge < -0.3 is 5.11 Å². The van der Waals surface area contributed by atoms with Crippen LogP contribution in [0.15, 0.2) is 18.2 Å². The maximum atomic E-state index is 9.69. The van der Waals surface area contributed by atoms with Crippen molar-refractivity contribution in [2.24, 2.45) is 0 Å². The molecule has 2 atom stereocenters. The summed E-state index contributed by atoms with van der Waals surface area (Å²) in [4.78, 5) is 0. The summed E-state index contributed by atoms with van der Waals surface area (Å²) < 4.78 is 0. The molecule has 0 heterocycles. The first kappa shape index (κ1) is 11.8. The molecule has 0 aliphatic heterocycles. The minimum Gasteiger partial charge on any atom is -0.393 e. The molecule has 0 saturated carbocycles. The Kier molecular flexibility index (Phi) is 4.24. The third kappa shape index (κ3) is 2.63. The standard InChI is InChI=1S/C11H14Cl2O/c1-3-11(14)7(2)9-6-8(12)4-5-10(9)13/h4-7,11,14H,3H2,1-2H3. The fourth-order valence-corrected chi connectivity index (χ4v) is 1.89. The lowest BCUT2D eigenvalue weighted by Crippen LogP contribution is -2.14. The topological polar surface area (TPSA) is 20.2 Å². The fraction of sp³-hybridized carbons (Fsp3) is 0.455. The molecule has 3 heteroatoms. The predicted octanol–water partition coefficient (Wildman–Crippen LogP) is 3.87. The third-order valence-electron chi connectivity index (χ3n) is 2.44. The Balaban J connectivity index is 2.99. The smallest absolute Gasteiger partial charge is 0.0604 e. The fourth-order valence-electron chi connectivity index (χ4n) is 1.42. The predicted molar refractivity (Wildman–Crippen MR) is 61.2 cm³/mol. The molecule has 0 aliphatic rings. The first-order valence-corrected chi connectivity index (χ1v) is 5.44. The van der Waals surface area contributed by atoms with Crippen LogP contribution < -0.4 is 0 Å². The van der Waals surface area contributed by atoms with E-state index in [-0.39, 0.29) is 12.0 Å². The lowest BCUT2D eigenvalue weighted by Gasteiger charge is -2.18. The average molecular weight is 233 g/mol. The maximum Gasteiger partial charge on any atom is 0.0604 e. The van der Waals surface area contributed by atoms with Crippen LogP contribution >= 0.6 is 23.2 Å². The number of aliphatic hydroxyl groups is 1. The molecule has 78 valence electrons. The number of rotatable bonds is 3. The van der Waals surface area contributed by atoms with Gasteiger partial charge in [-0.25, -0.2) is 0 Å². The molecule has 1 aromatic carbocycles. The first-order valence-electron chi connectivity index (χ1n) is 4.69. The van der Waals surface area contributed by atoms with E-state index in [0.29, 0.717) is 16.5 Å². The summed E-state index contributed by atoms with van der Waals surface area (Å²) in [7, 11) is 0. The van der Waals surface area contributed by atoms with Crippen LogP contribution in [-0.2, 0) is 0 Å². The second-order valence-corrected chi connectivity index (χ2v) is 4.27. The zero-order valence-electron chi connectivity index (χ0n) is 8.30. The highest BCUT2D eigenvalue weighted by Gasteiger charge is 2.17. The largest absolute Gasteiger partial charge is 0.393 e. The molecule has 0 saturated heterocycles. The zero-order chi connectivity index (χ0) is 10.7. The van der Waals surface area contributed by atoms with Crippen molar-refractivity contribution in [3.05, 3.63) is 33.8 Å². The second-order valence-electron chi connectivity index (χ2n) is 3.43. The Morgan fingerprint density at radius 1 is 1.36 bits per heavy atom. The van der Waals surface area contributed by atoms with Crippen LogP contribution in [0.5, 0.6) is 0 Å². The molecule has 0 aromatic heterocycles. The molecule has 0 fully saturated rings. The van der Waals surface area contributed by atoms with Crippen molar-refractivity contribution < 1.29 is 5.11 Å². The lowest BCUT2D eigenvalue weighted by molar-refractivity contribution is 0.145. The molecule has 1 aromatic rings. The summed E-state index contributed by atoms with van der Waals surface area (Å²) >= 11 is 11.9. The van der Waals surface area contributed by atoms with Gasteiger partial charge in [-0.1, -0.05) is 37.0 Å². The Morgan fingerprint density at radius 2 is 2.00 bits per heavy atom. The number of aliphatic hydroxyl groups excluding tert-OH is 1. The Labute approximate surface area is 94.7 Å². The van der Waals surface area contributed by atoms with Crippen molar-refractivity contribution in [3.8, 4) is 0 Å². The van der Waals surface area contributed by atoms with Gasteiger partial charge >= 0.3 is 0 Å². The van der Waals surface area contributed by atoms with Gasteiger partial charge in [0.05, 0.1) is 6.10 Å². The number of halogens is 2. The molecule has 0 spiro atoms. The van der Waals surface area contributed by atoms with E-state index < -0.39 is 0 Å². The van der Waals surface area contributed by atoms with E-state index in [1.165, 1.54) is 0 Å². The SMILES string of the molecule is CCC(O)C(C)c1cc(Cl)ccc1Cl. The van der Waals surface area contributed by atoms with Gasteiger partial charge in [0.25, 0.3) is 0 Å². The van der Waals surface area contributed by atoms with Crippen LogP contribution in [0.4, 0.5) is 0 Å². The highest BCUT2D eigenvalue weighted by Crippen LogP contribution is 2.30. The molecule has 0 amide bonds. The molecule has 0 radical (unpaired) electrons. The van der Waals surface area contributed by atoms with E-state index >= 15 is 0 Å². The quantitative estimate of drug-likeness (QED) is 0.840. The summed E-state index contributed by atoms with van der Waals surface area (Å²) in [5, 5.41) is 11.0. The van der Waals surface area contributed by atoms with Crippen molar-refractivity contribution in [2.45, 2.75) is 32.3 Å². The van der Waals surface area contributed by atoms with Crippen LogP contribution in [0.3, 0.4) is 0 Å². The van der Waals surface area contributed by atoms with Gasteiger partial charge in [0.15, 0.2) is 0 Å². The van der Waals surface area contributed by atoms with Crippen molar-refractivity contribution in [2.75, 3.05) is 0 Å². The second kappa shape index (κ2) is 5.01. The Morgan fingerprint density at radius 3 is 2.57 bits per heavy atom.